The molecule has 90 valence electrons. The van der Waals surface area contributed by atoms with Crippen molar-refractivity contribution in [3.05, 3.63) is 41.5 Å². The SMILES string of the molecule is CC.Cc1cc(C(=O)O)c2ccc(N)cc2c1. The highest BCUT2D eigenvalue weighted by molar-refractivity contribution is 6.04. The molecule has 3 heteroatoms. The zero-order valence-electron chi connectivity index (χ0n) is 10.3. The summed E-state index contributed by atoms with van der Waals surface area (Å²) < 4.78 is 0. The maximum atomic E-state index is 11.0. The highest BCUT2D eigenvalue weighted by atomic mass is 16.4. The normalized spacial score (nSPS) is 9.59. The molecule has 2 aromatic rings. The standard InChI is InChI=1S/C12H11NO2.C2H6/c1-7-4-8-6-9(13)2-3-10(8)11(5-7)12(14)15;1-2/h2-6H,13H2,1H3,(H,14,15);1-2H3. The van der Waals surface area contributed by atoms with Gasteiger partial charge in [-0.25, -0.2) is 4.79 Å². The molecule has 0 fully saturated rings. The fourth-order valence-electron chi connectivity index (χ4n) is 1.72. The molecular weight excluding hydrogens is 214 g/mol. The lowest BCUT2D eigenvalue weighted by atomic mass is 10.0. The first-order valence-corrected chi connectivity index (χ1v) is 5.61. The maximum Gasteiger partial charge on any atom is 0.336 e. The minimum Gasteiger partial charge on any atom is -0.478 e. The Balaban J connectivity index is 0.000000686. The molecule has 0 aromatic heterocycles. The summed E-state index contributed by atoms with van der Waals surface area (Å²) in [6.45, 7) is 5.87. The number of carbonyl (C=O) groups is 1. The average molecular weight is 231 g/mol. The van der Waals surface area contributed by atoms with Crippen molar-refractivity contribution in [1.82, 2.24) is 0 Å². The number of carboxylic acids is 1. The molecule has 0 saturated heterocycles. The number of rotatable bonds is 1. The maximum absolute atomic E-state index is 11.0. The lowest BCUT2D eigenvalue weighted by Gasteiger charge is -2.05. The molecule has 2 rings (SSSR count). The van der Waals surface area contributed by atoms with E-state index in [2.05, 4.69) is 0 Å². The summed E-state index contributed by atoms with van der Waals surface area (Å²) in [5.41, 5.74) is 7.54. The van der Waals surface area contributed by atoms with Crippen molar-refractivity contribution in [1.29, 1.82) is 0 Å². The van der Waals surface area contributed by atoms with Gasteiger partial charge in [0, 0.05) is 5.69 Å². The third-order valence-electron chi connectivity index (χ3n) is 2.35. The van der Waals surface area contributed by atoms with Crippen molar-refractivity contribution in [3.8, 4) is 0 Å². The van der Waals surface area contributed by atoms with Crippen LogP contribution in [0, 0.1) is 6.92 Å². The smallest absolute Gasteiger partial charge is 0.336 e. The van der Waals surface area contributed by atoms with Crippen LogP contribution in [0.2, 0.25) is 0 Å². The van der Waals surface area contributed by atoms with Gasteiger partial charge in [0.1, 0.15) is 0 Å². The number of hydrogen-bond donors (Lipinski definition) is 2. The molecule has 3 N–H and O–H groups in total. The topological polar surface area (TPSA) is 63.3 Å². The highest BCUT2D eigenvalue weighted by Gasteiger charge is 2.08. The molecule has 0 aliphatic rings. The van der Waals surface area contributed by atoms with E-state index in [1.165, 1.54) is 0 Å². The van der Waals surface area contributed by atoms with Crippen LogP contribution in [0.5, 0.6) is 0 Å². The van der Waals surface area contributed by atoms with Gasteiger partial charge in [0.05, 0.1) is 5.56 Å². The minimum absolute atomic E-state index is 0.324. The molecule has 0 aliphatic heterocycles. The molecule has 0 unspecified atom stereocenters. The molecule has 0 radical (unpaired) electrons. The molecule has 0 heterocycles. The van der Waals surface area contributed by atoms with Crippen LogP contribution >= 0.6 is 0 Å². The van der Waals surface area contributed by atoms with Crippen LogP contribution < -0.4 is 5.73 Å². The number of hydrogen-bond acceptors (Lipinski definition) is 2. The molecule has 2 aromatic carbocycles. The molecule has 0 aliphatic carbocycles. The van der Waals surface area contributed by atoms with Gasteiger partial charge < -0.3 is 10.8 Å². The number of nitrogens with two attached hydrogens (primary N) is 1. The van der Waals surface area contributed by atoms with Gasteiger partial charge in [0.15, 0.2) is 0 Å². The Morgan fingerprint density at radius 1 is 1.18 bits per heavy atom. The lowest BCUT2D eigenvalue weighted by Crippen LogP contribution is -1.98. The second kappa shape index (κ2) is 5.34. The summed E-state index contributed by atoms with van der Waals surface area (Å²) in [6, 6.07) is 8.84. The van der Waals surface area contributed by atoms with Crippen molar-refractivity contribution >= 4 is 22.4 Å². The first-order chi connectivity index (χ1) is 8.08. The number of aryl methyl sites for hydroxylation is 1. The largest absolute Gasteiger partial charge is 0.478 e. The first-order valence-electron chi connectivity index (χ1n) is 5.61. The van der Waals surface area contributed by atoms with E-state index in [0.29, 0.717) is 11.3 Å². The van der Waals surface area contributed by atoms with E-state index in [0.717, 1.165) is 16.3 Å². The predicted molar refractivity (Wildman–Crippen MR) is 71.4 cm³/mol. The number of nitrogen functional groups attached to an aromatic ring is 1. The Hall–Kier alpha value is -2.03. The number of carboxylic acid groups (broad SMARTS) is 1. The van der Waals surface area contributed by atoms with Gasteiger partial charge in [-0.2, -0.15) is 0 Å². The van der Waals surface area contributed by atoms with E-state index >= 15 is 0 Å². The van der Waals surface area contributed by atoms with Gasteiger partial charge in [-0.15, -0.1) is 0 Å². The van der Waals surface area contributed by atoms with E-state index in [1.807, 2.05) is 26.8 Å². The Morgan fingerprint density at radius 3 is 2.41 bits per heavy atom. The van der Waals surface area contributed by atoms with Crippen LogP contribution in [0.1, 0.15) is 29.8 Å². The Morgan fingerprint density at radius 2 is 1.82 bits per heavy atom. The second-order valence-corrected chi connectivity index (χ2v) is 3.60. The first kappa shape index (κ1) is 13.0. The Labute approximate surface area is 101 Å². The molecule has 0 atom stereocenters. The average Bonchev–Trinajstić information content (AvgIpc) is 2.29. The zero-order valence-corrected chi connectivity index (χ0v) is 10.3. The molecule has 3 nitrogen and oxygen atoms in total. The molecule has 17 heavy (non-hydrogen) atoms. The quantitative estimate of drug-likeness (QED) is 0.739. The molecule has 0 saturated carbocycles. The summed E-state index contributed by atoms with van der Waals surface area (Å²) in [5, 5.41) is 10.6. The monoisotopic (exact) mass is 231 g/mol. The van der Waals surface area contributed by atoms with E-state index in [4.69, 9.17) is 10.8 Å². The second-order valence-electron chi connectivity index (χ2n) is 3.60. The van der Waals surface area contributed by atoms with Crippen molar-refractivity contribution in [2.45, 2.75) is 20.8 Å². The third kappa shape index (κ3) is 2.75. The Bertz CT molecular complexity index is 542. The van der Waals surface area contributed by atoms with Gasteiger partial charge in [-0.05, 0) is 41.5 Å². The van der Waals surface area contributed by atoms with Crippen LogP contribution in [0.25, 0.3) is 10.8 Å². The van der Waals surface area contributed by atoms with Crippen molar-refractivity contribution < 1.29 is 9.90 Å². The third-order valence-corrected chi connectivity index (χ3v) is 2.35. The summed E-state index contributed by atoms with van der Waals surface area (Å²) >= 11 is 0. The van der Waals surface area contributed by atoms with Gasteiger partial charge >= 0.3 is 5.97 Å². The van der Waals surface area contributed by atoms with Crippen LogP contribution in [-0.2, 0) is 0 Å². The van der Waals surface area contributed by atoms with Gasteiger partial charge in [-0.3, -0.25) is 0 Å². The number of benzene rings is 2. The van der Waals surface area contributed by atoms with Gasteiger partial charge in [-0.1, -0.05) is 26.0 Å². The van der Waals surface area contributed by atoms with Crippen molar-refractivity contribution in [2.24, 2.45) is 0 Å². The van der Waals surface area contributed by atoms with E-state index < -0.39 is 5.97 Å². The Kier molecular flexibility index (Phi) is 4.10. The fourth-order valence-corrected chi connectivity index (χ4v) is 1.72. The molecule has 0 spiro atoms. The van der Waals surface area contributed by atoms with Crippen LogP contribution in [0.4, 0.5) is 5.69 Å². The molecular formula is C14H17NO2. The summed E-state index contributed by atoms with van der Waals surface area (Å²) in [7, 11) is 0. The minimum atomic E-state index is -0.909. The summed E-state index contributed by atoms with van der Waals surface area (Å²) in [6.07, 6.45) is 0. The highest BCUT2D eigenvalue weighted by Crippen LogP contribution is 2.23. The molecule has 0 bridgehead atoms. The van der Waals surface area contributed by atoms with Gasteiger partial charge in [0.2, 0.25) is 0 Å². The number of aromatic carboxylic acids is 1. The van der Waals surface area contributed by atoms with E-state index in [9.17, 15) is 4.79 Å². The van der Waals surface area contributed by atoms with Crippen LogP contribution in [0.15, 0.2) is 30.3 Å². The van der Waals surface area contributed by atoms with Crippen molar-refractivity contribution in [2.75, 3.05) is 5.73 Å². The predicted octanol–water partition coefficient (Wildman–Crippen LogP) is 3.45. The summed E-state index contributed by atoms with van der Waals surface area (Å²) in [5.74, 6) is -0.909. The van der Waals surface area contributed by atoms with E-state index in [1.54, 1.807) is 24.3 Å². The summed E-state index contributed by atoms with van der Waals surface area (Å²) in [4.78, 5) is 11.0. The zero-order chi connectivity index (χ0) is 13.0. The van der Waals surface area contributed by atoms with Gasteiger partial charge in [0.25, 0.3) is 0 Å². The fraction of sp³-hybridized carbons (Fsp3) is 0.214. The van der Waals surface area contributed by atoms with Crippen LogP contribution in [-0.4, -0.2) is 11.1 Å². The number of fused-ring (bicyclic) bond motifs is 1. The lowest BCUT2D eigenvalue weighted by molar-refractivity contribution is 0.0699. The van der Waals surface area contributed by atoms with Crippen molar-refractivity contribution in [3.63, 3.8) is 0 Å². The van der Waals surface area contributed by atoms with Crippen LogP contribution in [0.3, 0.4) is 0 Å². The van der Waals surface area contributed by atoms with E-state index in [-0.39, 0.29) is 0 Å². The molecule has 0 amide bonds. The number of anilines is 1.